The number of methoxy groups -OCH3 is 1. The van der Waals surface area contributed by atoms with Crippen LogP contribution in [0, 0.1) is 33.3 Å². The van der Waals surface area contributed by atoms with E-state index in [2.05, 4.69) is 30.3 Å². The first kappa shape index (κ1) is 19.8. The van der Waals surface area contributed by atoms with E-state index >= 15 is 0 Å². The Morgan fingerprint density at radius 3 is 2.72 bits per heavy atom. The van der Waals surface area contributed by atoms with Crippen LogP contribution in [-0.4, -0.2) is 23.8 Å². The normalized spacial score (nSPS) is 34.4. The number of hydrogen-bond donors (Lipinski definition) is 0. The van der Waals surface area contributed by atoms with Gasteiger partial charge in [-0.05, 0) is 85.3 Å². The zero-order valence-electron chi connectivity index (χ0n) is 18.5. The zero-order chi connectivity index (χ0) is 22.0. The summed E-state index contributed by atoms with van der Waals surface area (Å²) in [7, 11) is 1.74. The van der Waals surface area contributed by atoms with E-state index in [1.807, 2.05) is 12.1 Å². The SMILES string of the molecule is COc1ccc2c(c1)CC[C@@H]1[C@@H]2CC[C@]2(C)[C@@H]3ON=C(c4ccc([N+](=O)[O-])cc4)[C@@H]3C[C@@H]12. The van der Waals surface area contributed by atoms with Gasteiger partial charge in [0, 0.05) is 29.0 Å². The van der Waals surface area contributed by atoms with E-state index < -0.39 is 0 Å². The molecule has 1 aliphatic heterocycles. The molecular formula is C26H28N2O4. The van der Waals surface area contributed by atoms with Crippen molar-refractivity contribution in [3.8, 4) is 5.75 Å². The van der Waals surface area contributed by atoms with Crippen LogP contribution in [0.2, 0.25) is 0 Å². The number of aryl methyl sites for hydroxylation is 1. The Hall–Kier alpha value is -2.89. The van der Waals surface area contributed by atoms with Crippen molar-refractivity contribution in [1.29, 1.82) is 0 Å². The van der Waals surface area contributed by atoms with E-state index in [0.29, 0.717) is 17.8 Å². The highest BCUT2D eigenvalue weighted by atomic mass is 16.6. The summed E-state index contributed by atoms with van der Waals surface area (Å²) in [6.07, 6.45) is 5.86. The lowest BCUT2D eigenvalue weighted by atomic mass is 9.55. The van der Waals surface area contributed by atoms with Gasteiger partial charge in [-0.3, -0.25) is 10.1 Å². The van der Waals surface area contributed by atoms with Crippen LogP contribution < -0.4 is 4.74 Å². The highest BCUT2D eigenvalue weighted by molar-refractivity contribution is 6.03. The van der Waals surface area contributed by atoms with Crippen LogP contribution in [0.15, 0.2) is 47.6 Å². The number of nitro groups is 1. The maximum Gasteiger partial charge on any atom is 0.269 e. The Kier molecular flexibility index (Phi) is 4.36. The molecule has 0 radical (unpaired) electrons. The molecule has 0 spiro atoms. The monoisotopic (exact) mass is 432 g/mol. The standard InChI is InChI=1S/C26H28N2O4/c1-26-12-11-20-19-10-8-18(31-2)13-16(19)5-9-21(20)23(26)14-22-24(27-32-25(22)26)15-3-6-17(7-4-15)28(29)30/h3-4,6-8,10,13,20-23,25H,5,9,11-12,14H2,1-2H3/t20-,21-,22+,23+,25-,26+/m1/s1. The Morgan fingerprint density at radius 1 is 1.16 bits per heavy atom. The topological polar surface area (TPSA) is 74.0 Å². The average molecular weight is 433 g/mol. The average Bonchev–Trinajstić information content (AvgIpc) is 3.36. The first-order valence-electron chi connectivity index (χ1n) is 11.6. The number of fused-ring (bicyclic) bond motifs is 7. The van der Waals surface area contributed by atoms with Crippen molar-refractivity contribution in [1.82, 2.24) is 0 Å². The molecule has 0 N–H and O–H groups in total. The van der Waals surface area contributed by atoms with Crippen molar-refractivity contribution < 1.29 is 14.5 Å². The van der Waals surface area contributed by atoms with Crippen molar-refractivity contribution in [2.45, 2.75) is 51.0 Å². The maximum atomic E-state index is 11.0. The molecule has 2 aromatic carbocycles. The summed E-state index contributed by atoms with van der Waals surface area (Å²) in [5.74, 6) is 3.11. The Morgan fingerprint density at radius 2 is 1.97 bits per heavy atom. The number of nitrogens with zero attached hydrogens (tertiary/aromatic N) is 2. The van der Waals surface area contributed by atoms with Crippen molar-refractivity contribution >= 4 is 11.4 Å². The molecule has 1 heterocycles. The van der Waals surface area contributed by atoms with E-state index in [1.54, 1.807) is 19.2 Å². The number of rotatable bonds is 3. The number of hydrogen-bond acceptors (Lipinski definition) is 5. The Bertz CT molecular complexity index is 1110. The van der Waals surface area contributed by atoms with Gasteiger partial charge in [0.25, 0.3) is 5.69 Å². The van der Waals surface area contributed by atoms with E-state index in [-0.39, 0.29) is 28.0 Å². The van der Waals surface area contributed by atoms with Crippen LogP contribution in [-0.2, 0) is 11.3 Å². The summed E-state index contributed by atoms with van der Waals surface area (Å²) in [6, 6.07) is 13.4. The van der Waals surface area contributed by atoms with Crippen LogP contribution in [0.3, 0.4) is 0 Å². The minimum absolute atomic E-state index is 0.107. The molecular weight excluding hydrogens is 404 g/mol. The summed E-state index contributed by atoms with van der Waals surface area (Å²) in [4.78, 5) is 16.8. The summed E-state index contributed by atoms with van der Waals surface area (Å²) < 4.78 is 5.46. The molecule has 4 aliphatic rings. The van der Waals surface area contributed by atoms with Crippen LogP contribution in [0.1, 0.15) is 55.2 Å². The molecule has 3 aliphatic carbocycles. The molecule has 0 unspecified atom stereocenters. The molecule has 6 rings (SSSR count). The fourth-order valence-corrected chi connectivity index (χ4v) is 7.34. The molecule has 2 fully saturated rings. The van der Waals surface area contributed by atoms with Crippen molar-refractivity contribution in [3.63, 3.8) is 0 Å². The largest absolute Gasteiger partial charge is 0.497 e. The number of nitro benzene ring substituents is 1. The molecule has 0 saturated heterocycles. The van der Waals surface area contributed by atoms with Gasteiger partial charge >= 0.3 is 0 Å². The van der Waals surface area contributed by atoms with Gasteiger partial charge < -0.3 is 9.57 Å². The molecule has 32 heavy (non-hydrogen) atoms. The van der Waals surface area contributed by atoms with Gasteiger partial charge in [0.1, 0.15) is 11.9 Å². The van der Waals surface area contributed by atoms with Gasteiger partial charge in [-0.1, -0.05) is 18.1 Å². The van der Waals surface area contributed by atoms with Crippen molar-refractivity contribution in [2.75, 3.05) is 7.11 Å². The summed E-state index contributed by atoms with van der Waals surface area (Å²) in [6.45, 7) is 2.41. The minimum Gasteiger partial charge on any atom is -0.497 e. The summed E-state index contributed by atoms with van der Waals surface area (Å²) >= 11 is 0. The van der Waals surface area contributed by atoms with Crippen molar-refractivity contribution in [2.24, 2.45) is 28.3 Å². The predicted octanol–water partition coefficient (Wildman–Crippen LogP) is 5.49. The fraction of sp³-hybridized carbons (Fsp3) is 0.500. The van der Waals surface area contributed by atoms with Gasteiger partial charge in [-0.2, -0.15) is 0 Å². The molecule has 6 heteroatoms. The second kappa shape index (κ2) is 7.06. The van der Waals surface area contributed by atoms with Gasteiger partial charge in [0.2, 0.25) is 0 Å². The molecule has 2 saturated carbocycles. The van der Waals surface area contributed by atoms with Gasteiger partial charge in [-0.25, -0.2) is 0 Å². The van der Waals surface area contributed by atoms with E-state index in [1.165, 1.54) is 24.0 Å². The molecule has 6 nitrogen and oxygen atoms in total. The highest BCUT2D eigenvalue weighted by Crippen LogP contribution is 2.64. The first-order chi connectivity index (χ1) is 15.5. The van der Waals surface area contributed by atoms with Crippen LogP contribution in [0.25, 0.3) is 0 Å². The van der Waals surface area contributed by atoms with Gasteiger partial charge in [-0.15, -0.1) is 0 Å². The number of oxime groups is 1. The van der Waals surface area contributed by atoms with Crippen LogP contribution in [0.4, 0.5) is 5.69 Å². The molecule has 0 bridgehead atoms. The lowest BCUT2D eigenvalue weighted by Gasteiger charge is -2.50. The molecule has 166 valence electrons. The lowest BCUT2D eigenvalue weighted by molar-refractivity contribution is -0.384. The minimum atomic E-state index is -0.360. The van der Waals surface area contributed by atoms with E-state index in [0.717, 1.165) is 36.3 Å². The van der Waals surface area contributed by atoms with Gasteiger partial charge in [0.05, 0.1) is 17.7 Å². The molecule has 0 aromatic heterocycles. The summed E-state index contributed by atoms with van der Waals surface area (Å²) in [5, 5.41) is 15.5. The number of benzene rings is 2. The van der Waals surface area contributed by atoms with Crippen molar-refractivity contribution in [3.05, 3.63) is 69.3 Å². The molecule has 6 atom stereocenters. The smallest absolute Gasteiger partial charge is 0.269 e. The highest BCUT2D eigenvalue weighted by Gasteiger charge is 2.62. The second-order valence-electron chi connectivity index (χ2n) is 10.2. The quantitative estimate of drug-likeness (QED) is 0.475. The maximum absolute atomic E-state index is 11.0. The zero-order valence-corrected chi connectivity index (χ0v) is 18.5. The fourth-order valence-electron chi connectivity index (χ4n) is 7.34. The third kappa shape index (κ3) is 2.74. The molecule has 0 amide bonds. The van der Waals surface area contributed by atoms with Crippen LogP contribution in [0.5, 0.6) is 5.75 Å². The summed E-state index contributed by atoms with van der Waals surface area (Å²) in [5.41, 5.74) is 5.13. The first-order valence-corrected chi connectivity index (χ1v) is 11.6. The number of ether oxygens (including phenoxy) is 1. The number of non-ortho nitro benzene ring substituents is 1. The Labute approximate surface area is 187 Å². The Balaban J connectivity index is 1.29. The molecule has 2 aromatic rings. The van der Waals surface area contributed by atoms with Gasteiger partial charge in [0.15, 0.2) is 0 Å². The van der Waals surface area contributed by atoms with Crippen LogP contribution >= 0.6 is 0 Å². The second-order valence-corrected chi connectivity index (χ2v) is 10.2. The third-order valence-corrected chi connectivity index (χ3v) is 8.88. The third-order valence-electron chi connectivity index (χ3n) is 8.88. The predicted molar refractivity (Wildman–Crippen MR) is 121 cm³/mol. The van der Waals surface area contributed by atoms with E-state index in [9.17, 15) is 10.1 Å². The van der Waals surface area contributed by atoms with E-state index in [4.69, 9.17) is 9.57 Å². The lowest BCUT2D eigenvalue weighted by Crippen LogP contribution is -2.44.